The van der Waals surface area contributed by atoms with Crippen molar-refractivity contribution in [2.45, 2.75) is 13.3 Å². The Morgan fingerprint density at radius 2 is 2.13 bits per heavy atom. The second-order valence-electron chi connectivity index (χ2n) is 2.96. The van der Waals surface area contributed by atoms with Gasteiger partial charge in [0.2, 0.25) is 0 Å². The Balaban J connectivity index is 3.24. The van der Waals surface area contributed by atoms with Crippen molar-refractivity contribution < 1.29 is 18.7 Å². The van der Waals surface area contributed by atoms with E-state index in [2.05, 4.69) is 0 Å². The van der Waals surface area contributed by atoms with Crippen molar-refractivity contribution in [2.75, 3.05) is 0 Å². The van der Waals surface area contributed by atoms with E-state index in [1.165, 1.54) is 12.1 Å². The molecule has 2 nitrogen and oxygen atoms in total. The summed E-state index contributed by atoms with van der Waals surface area (Å²) in [6.45, 7) is 1.68. The van der Waals surface area contributed by atoms with Gasteiger partial charge in [-0.05, 0) is 18.1 Å². The summed E-state index contributed by atoms with van der Waals surface area (Å²) >= 11 is 0. The largest absolute Gasteiger partial charge is 0.478 e. The van der Waals surface area contributed by atoms with Gasteiger partial charge in [0.05, 0.1) is 0 Å². The van der Waals surface area contributed by atoms with Crippen LogP contribution in [0.4, 0.5) is 8.78 Å². The number of allylic oxidation sites excluding steroid dienone is 1. The van der Waals surface area contributed by atoms with E-state index in [-0.39, 0.29) is 11.1 Å². The number of carboxylic acid groups (broad SMARTS) is 1. The van der Waals surface area contributed by atoms with Crippen LogP contribution in [0.5, 0.6) is 0 Å². The van der Waals surface area contributed by atoms with Crippen molar-refractivity contribution in [1.29, 1.82) is 0 Å². The molecule has 0 fully saturated rings. The lowest BCUT2D eigenvalue weighted by atomic mass is 10.0. The third-order valence-electron chi connectivity index (χ3n) is 1.98. The fraction of sp³-hybridized carbons (Fsp3) is 0.182. The normalized spacial score (nSPS) is 11.5. The Labute approximate surface area is 85.9 Å². The molecule has 4 heteroatoms. The van der Waals surface area contributed by atoms with Gasteiger partial charge in [0.15, 0.2) is 11.6 Å². The summed E-state index contributed by atoms with van der Waals surface area (Å²) in [6, 6.07) is 3.70. The standard InChI is InChI=1S/C11H10F2O2/c1-2-7(6-10(14)15)8-4-3-5-9(12)11(8)13/h3-6H,2H2,1H3,(H,14,15)/b7-6+. The summed E-state index contributed by atoms with van der Waals surface area (Å²) in [7, 11) is 0. The minimum absolute atomic E-state index is 0.0000926. The van der Waals surface area contributed by atoms with Crippen LogP contribution < -0.4 is 0 Å². The van der Waals surface area contributed by atoms with Gasteiger partial charge in [-0.25, -0.2) is 13.6 Å². The van der Waals surface area contributed by atoms with Gasteiger partial charge in [-0.3, -0.25) is 0 Å². The Hall–Kier alpha value is -1.71. The molecule has 0 atom stereocenters. The predicted octanol–water partition coefficient (Wildman–Crippen LogP) is 2.84. The van der Waals surface area contributed by atoms with Crippen molar-refractivity contribution in [3.63, 3.8) is 0 Å². The predicted molar refractivity (Wildman–Crippen MR) is 52.3 cm³/mol. The van der Waals surface area contributed by atoms with E-state index in [4.69, 9.17) is 5.11 Å². The van der Waals surface area contributed by atoms with E-state index in [0.29, 0.717) is 6.42 Å². The first-order valence-corrected chi connectivity index (χ1v) is 4.44. The molecule has 0 aliphatic rings. The van der Waals surface area contributed by atoms with Gasteiger partial charge in [-0.1, -0.05) is 19.1 Å². The molecule has 0 saturated carbocycles. The van der Waals surface area contributed by atoms with E-state index < -0.39 is 17.6 Å². The molecule has 0 aliphatic heterocycles. The summed E-state index contributed by atoms with van der Waals surface area (Å²) < 4.78 is 26.1. The molecule has 0 heterocycles. The number of aliphatic carboxylic acids is 1. The summed E-state index contributed by atoms with van der Waals surface area (Å²) in [4.78, 5) is 10.4. The Kier molecular flexibility index (Phi) is 3.55. The number of hydrogen-bond acceptors (Lipinski definition) is 1. The van der Waals surface area contributed by atoms with Crippen molar-refractivity contribution >= 4 is 11.5 Å². The number of rotatable bonds is 3. The lowest BCUT2D eigenvalue weighted by Crippen LogP contribution is -1.96. The molecule has 0 unspecified atom stereocenters. The minimum Gasteiger partial charge on any atom is -0.478 e. The van der Waals surface area contributed by atoms with Crippen LogP contribution in [0, 0.1) is 11.6 Å². The van der Waals surface area contributed by atoms with Crippen LogP contribution in [0.3, 0.4) is 0 Å². The maximum atomic E-state index is 13.3. The van der Waals surface area contributed by atoms with Gasteiger partial charge in [-0.2, -0.15) is 0 Å². The van der Waals surface area contributed by atoms with Gasteiger partial charge < -0.3 is 5.11 Å². The molecule has 1 N–H and O–H groups in total. The number of carboxylic acids is 1. The molecule has 1 rings (SSSR count). The molecule has 0 aliphatic carbocycles. The molecule has 0 spiro atoms. The average molecular weight is 212 g/mol. The quantitative estimate of drug-likeness (QED) is 0.782. The third-order valence-corrected chi connectivity index (χ3v) is 1.98. The fourth-order valence-electron chi connectivity index (χ4n) is 1.27. The molecule has 80 valence electrons. The van der Waals surface area contributed by atoms with E-state index in [0.717, 1.165) is 12.1 Å². The molecule has 15 heavy (non-hydrogen) atoms. The molecular weight excluding hydrogens is 202 g/mol. The smallest absolute Gasteiger partial charge is 0.328 e. The van der Waals surface area contributed by atoms with Crippen LogP contribution in [-0.2, 0) is 4.79 Å². The second kappa shape index (κ2) is 4.68. The maximum absolute atomic E-state index is 13.3. The highest BCUT2D eigenvalue weighted by Gasteiger charge is 2.11. The third kappa shape index (κ3) is 2.62. The molecule has 1 aromatic rings. The number of carbonyl (C=O) groups is 1. The van der Waals surface area contributed by atoms with Crippen molar-refractivity contribution in [2.24, 2.45) is 0 Å². The highest BCUT2D eigenvalue weighted by Crippen LogP contribution is 2.22. The van der Waals surface area contributed by atoms with Crippen LogP contribution in [0.1, 0.15) is 18.9 Å². The van der Waals surface area contributed by atoms with Gasteiger partial charge in [-0.15, -0.1) is 0 Å². The highest BCUT2D eigenvalue weighted by molar-refractivity contribution is 5.90. The monoisotopic (exact) mass is 212 g/mol. The highest BCUT2D eigenvalue weighted by atomic mass is 19.2. The van der Waals surface area contributed by atoms with E-state index in [1.54, 1.807) is 6.92 Å². The van der Waals surface area contributed by atoms with Crippen LogP contribution >= 0.6 is 0 Å². The Morgan fingerprint density at radius 3 is 2.67 bits per heavy atom. The summed E-state index contributed by atoms with van der Waals surface area (Å²) in [6.07, 6.45) is 1.21. The van der Waals surface area contributed by atoms with Crippen LogP contribution in [0.25, 0.3) is 5.57 Å². The minimum atomic E-state index is -1.17. The summed E-state index contributed by atoms with van der Waals surface area (Å²) in [5.41, 5.74) is 0.263. The number of halogens is 2. The first kappa shape index (κ1) is 11.4. The van der Waals surface area contributed by atoms with Crippen LogP contribution in [-0.4, -0.2) is 11.1 Å². The molecular formula is C11H10F2O2. The zero-order valence-electron chi connectivity index (χ0n) is 8.13. The lowest BCUT2D eigenvalue weighted by Gasteiger charge is -2.05. The number of benzene rings is 1. The van der Waals surface area contributed by atoms with Gasteiger partial charge in [0.25, 0.3) is 0 Å². The van der Waals surface area contributed by atoms with Crippen molar-refractivity contribution in [1.82, 2.24) is 0 Å². The lowest BCUT2D eigenvalue weighted by molar-refractivity contribution is -0.131. The van der Waals surface area contributed by atoms with Crippen molar-refractivity contribution in [3.05, 3.63) is 41.5 Å². The Morgan fingerprint density at radius 1 is 1.47 bits per heavy atom. The first-order chi connectivity index (χ1) is 7.06. The topological polar surface area (TPSA) is 37.3 Å². The molecule has 0 bridgehead atoms. The zero-order valence-corrected chi connectivity index (χ0v) is 8.13. The summed E-state index contributed by atoms with van der Waals surface area (Å²) in [5, 5.41) is 8.54. The molecule has 1 aromatic carbocycles. The molecule has 0 amide bonds. The Bertz CT molecular complexity index is 411. The van der Waals surface area contributed by atoms with Gasteiger partial charge in [0, 0.05) is 11.6 Å². The van der Waals surface area contributed by atoms with Crippen molar-refractivity contribution in [3.8, 4) is 0 Å². The fourth-order valence-corrected chi connectivity index (χ4v) is 1.27. The zero-order chi connectivity index (χ0) is 11.4. The number of hydrogen-bond donors (Lipinski definition) is 1. The average Bonchev–Trinajstić information content (AvgIpc) is 2.19. The molecule has 0 radical (unpaired) electrons. The van der Waals surface area contributed by atoms with E-state index in [9.17, 15) is 13.6 Å². The SMILES string of the molecule is CC/C(=C\C(=O)O)c1cccc(F)c1F. The van der Waals surface area contributed by atoms with Crippen LogP contribution in [0.2, 0.25) is 0 Å². The van der Waals surface area contributed by atoms with Gasteiger partial charge in [0.1, 0.15) is 0 Å². The second-order valence-corrected chi connectivity index (χ2v) is 2.96. The summed E-state index contributed by atoms with van der Waals surface area (Å²) in [5.74, 6) is -3.15. The molecule has 0 saturated heterocycles. The van der Waals surface area contributed by atoms with E-state index in [1.807, 2.05) is 0 Å². The van der Waals surface area contributed by atoms with Crippen LogP contribution in [0.15, 0.2) is 24.3 Å². The first-order valence-electron chi connectivity index (χ1n) is 4.44. The maximum Gasteiger partial charge on any atom is 0.328 e. The molecule has 0 aromatic heterocycles. The van der Waals surface area contributed by atoms with E-state index >= 15 is 0 Å². The van der Waals surface area contributed by atoms with Gasteiger partial charge >= 0.3 is 5.97 Å².